The fraction of sp³-hybridized carbons (Fsp3) is 1.00. The summed E-state index contributed by atoms with van der Waals surface area (Å²) < 4.78 is 5.33. The predicted molar refractivity (Wildman–Crippen MR) is 55.6 cm³/mol. The lowest BCUT2D eigenvalue weighted by Crippen LogP contribution is -2.31. The Balaban J connectivity index is 2.20. The number of hydrogen-bond acceptors (Lipinski definition) is 2. The van der Waals surface area contributed by atoms with Crippen molar-refractivity contribution in [3.8, 4) is 0 Å². The molecule has 2 heteroatoms. The SMILES string of the molecule is CC(C)(C)CCC(N)C1CCOC1. The summed E-state index contributed by atoms with van der Waals surface area (Å²) in [4.78, 5) is 0. The van der Waals surface area contributed by atoms with Crippen LogP contribution < -0.4 is 5.73 Å². The lowest BCUT2D eigenvalue weighted by atomic mass is 9.85. The number of hydrogen-bond donors (Lipinski definition) is 1. The molecule has 2 unspecified atom stereocenters. The van der Waals surface area contributed by atoms with Crippen LogP contribution in [-0.2, 0) is 4.74 Å². The van der Waals surface area contributed by atoms with Crippen molar-refractivity contribution >= 4 is 0 Å². The molecule has 2 nitrogen and oxygen atoms in total. The van der Waals surface area contributed by atoms with E-state index < -0.39 is 0 Å². The van der Waals surface area contributed by atoms with Gasteiger partial charge < -0.3 is 10.5 Å². The maximum atomic E-state index is 6.11. The van der Waals surface area contributed by atoms with Gasteiger partial charge in [0.2, 0.25) is 0 Å². The third-order valence-electron chi connectivity index (χ3n) is 2.80. The highest BCUT2D eigenvalue weighted by atomic mass is 16.5. The fourth-order valence-corrected chi connectivity index (χ4v) is 1.73. The Morgan fingerprint density at radius 3 is 2.62 bits per heavy atom. The molecule has 1 aliphatic rings. The fourth-order valence-electron chi connectivity index (χ4n) is 1.73. The van der Waals surface area contributed by atoms with Crippen LogP contribution in [0.2, 0.25) is 0 Å². The molecule has 2 atom stereocenters. The molecule has 0 aromatic carbocycles. The van der Waals surface area contributed by atoms with Gasteiger partial charge >= 0.3 is 0 Å². The molecule has 1 aliphatic heterocycles. The van der Waals surface area contributed by atoms with Gasteiger partial charge in [-0.25, -0.2) is 0 Å². The van der Waals surface area contributed by atoms with Gasteiger partial charge in [0.15, 0.2) is 0 Å². The zero-order valence-corrected chi connectivity index (χ0v) is 9.18. The third kappa shape index (κ3) is 4.10. The largest absolute Gasteiger partial charge is 0.381 e. The number of nitrogens with two attached hydrogens (primary N) is 1. The van der Waals surface area contributed by atoms with Crippen LogP contribution in [0.4, 0.5) is 0 Å². The van der Waals surface area contributed by atoms with E-state index in [1.165, 1.54) is 6.42 Å². The molecule has 0 amide bonds. The van der Waals surface area contributed by atoms with Crippen LogP contribution in [-0.4, -0.2) is 19.3 Å². The zero-order valence-electron chi connectivity index (χ0n) is 9.18. The standard InChI is InChI=1S/C11H23NO/c1-11(2,3)6-4-10(12)9-5-7-13-8-9/h9-10H,4-8,12H2,1-3H3. The second-order valence-corrected chi connectivity index (χ2v) is 5.39. The van der Waals surface area contributed by atoms with Crippen molar-refractivity contribution in [2.45, 2.75) is 46.1 Å². The first-order chi connectivity index (χ1) is 5.99. The maximum Gasteiger partial charge on any atom is 0.0509 e. The Labute approximate surface area is 81.8 Å². The molecule has 1 rings (SSSR count). The summed E-state index contributed by atoms with van der Waals surface area (Å²) in [7, 11) is 0. The maximum absolute atomic E-state index is 6.11. The number of ether oxygens (including phenoxy) is 1. The van der Waals surface area contributed by atoms with E-state index in [-0.39, 0.29) is 0 Å². The van der Waals surface area contributed by atoms with Gasteiger partial charge in [-0.15, -0.1) is 0 Å². The first-order valence-corrected chi connectivity index (χ1v) is 5.32. The van der Waals surface area contributed by atoms with Gasteiger partial charge in [0.05, 0.1) is 6.61 Å². The van der Waals surface area contributed by atoms with Gasteiger partial charge in [0, 0.05) is 12.6 Å². The van der Waals surface area contributed by atoms with Crippen molar-refractivity contribution in [2.24, 2.45) is 17.1 Å². The number of rotatable bonds is 3. The molecule has 0 bridgehead atoms. The minimum absolute atomic E-state index is 0.349. The van der Waals surface area contributed by atoms with Crippen LogP contribution >= 0.6 is 0 Å². The Kier molecular flexibility index (Phi) is 3.74. The minimum atomic E-state index is 0.349. The Morgan fingerprint density at radius 1 is 1.46 bits per heavy atom. The van der Waals surface area contributed by atoms with Crippen molar-refractivity contribution < 1.29 is 4.74 Å². The molecule has 78 valence electrons. The van der Waals surface area contributed by atoms with E-state index in [0.717, 1.165) is 26.1 Å². The van der Waals surface area contributed by atoms with Crippen molar-refractivity contribution in [2.75, 3.05) is 13.2 Å². The van der Waals surface area contributed by atoms with E-state index in [2.05, 4.69) is 20.8 Å². The molecule has 2 N–H and O–H groups in total. The summed E-state index contributed by atoms with van der Waals surface area (Å²) in [5, 5.41) is 0. The second-order valence-electron chi connectivity index (χ2n) is 5.39. The topological polar surface area (TPSA) is 35.2 Å². The molecule has 1 saturated heterocycles. The molecule has 1 heterocycles. The van der Waals surface area contributed by atoms with Crippen LogP contribution in [0.15, 0.2) is 0 Å². The van der Waals surface area contributed by atoms with Gasteiger partial charge in [0.25, 0.3) is 0 Å². The Bertz CT molecular complexity index is 145. The normalized spacial score (nSPS) is 26.3. The first-order valence-electron chi connectivity index (χ1n) is 5.32. The molecular formula is C11H23NO. The van der Waals surface area contributed by atoms with Crippen molar-refractivity contribution in [1.82, 2.24) is 0 Å². The highest BCUT2D eigenvalue weighted by molar-refractivity contribution is 4.78. The summed E-state index contributed by atoms with van der Waals surface area (Å²) in [6.07, 6.45) is 3.51. The molecule has 0 saturated carbocycles. The average Bonchev–Trinajstić information content (AvgIpc) is 2.50. The zero-order chi connectivity index (χ0) is 9.90. The quantitative estimate of drug-likeness (QED) is 0.731. The van der Waals surface area contributed by atoms with E-state index in [0.29, 0.717) is 17.4 Å². The van der Waals surface area contributed by atoms with Crippen LogP contribution in [0.1, 0.15) is 40.0 Å². The molecule has 1 fully saturated rings. The summed E-state index contributed by atoms with van der Waals surface area (Å²) >= 11 is 0. The molecule has 0 aromatic heterocycles. The predicted octanol–water partition coefficient (Wildman–Crippen LogP) is 2.18. The summed E-state index contributed by atoms with van der Waals surface area (Å²) in [6.45, 7) is 8.60. The van der Waals surface area contributed by atoms with Crippen molar-refractivity contribution in [1.29, 1.82) is 0 Å². The lowest BCUT2D eigenvalue weighted by Gasteiger charge is -2.23. The van der Waals surface area contributed by atoms with Gasteiger partial charge in [-0.3, -0.25) is 0 Å². The molecule has 13 heavy (non-hydrogen) atoms. The summed E-state index contributed by atoms with van der Waals surface area (Å²) in [6, 6.07) is 0.349. The second kappa shape index (κ2) is 4.43. The van der Waals surface area contributed by atoms with Gasteiger partial charge in [-0.2, -0.15) is 0 Å². The summed E-state index contributed by atoms with van der Waals surface area (Å²) in [5.74, 6) is 0.613. The smallest absolute Gasteiger partial charge is 0.0509 e. The highest BCUT2D eigenvalue weighted by Crippen LogP contribution is 2.25. The minimum Gasteiger partial charge on any atom is -0.381 e. The molecule has 0 spiro atoms. The van der Waals surface area contributed by atoms with Crippen LogP contribution in [0, 0.1) is 11.3 Å². The monoisotopic (exact) mass is 185 g/mol. The lowest BCUT2D eigenvalue weighted by molar-refractivity contribution is 0.177. The van der Waals surface area contributed by atoms with Gasteiger partial charge in [-0.05, 0) is 30.6 Å². The van der Waals surface area contributed by atoms with E-state index in [1.807, 2.05) is 0 Å². The molecule has 0 aromatic rings. The van der Waals surface area contributed by atoms with E-state index in [1.54, 1.807) is 0 Å². The summed E-state index contributed by atoms with van der Waals surface area (Å²) in [5.41, 5.74) is 6.52. The average molecular weight is 185 g/mol. The molecular weight excluding hydrogens is 162 g/mol. The van der Waals surface area contributed by atoms with E-state index in [9.17, 15) is 0 Å². The van der Waals surface area contributed by atoms with Crippen LogP contribution in [0.5, 0.6) is 0 Å². The van der Waals surface area contributed by atoms with Crippen molar-refractivity contribution in [3.63, 3.8) is 0 Å². The highest BCUT2D eigenvalue weighted by Gasteiger charge is 2.23. The van der Waals surface area contributed by atoms with E-state index >= 15 is 0 Å². The van der Waals surface area contributed by atoms with Crippen LogP contribution in [0.3, 0.4) is 0 Å². The van der Waals surface area contributed by atoms with E-state index in [4.69, 9.17) is 10.5 Å². The third-order valence-corrected chi connectivity index (χ3v) is 2.80. The Hall–Kier alpha value is -0.0800. The van der Waals surface area contributed by atoms with Crippen LogP contribution in [0.25, 0.3) is 0 Å². The van der Waals surface area contributed by atoms with Gasteiger partial charge in [0.1, 0.15) is 0 Å². The molecule has 0 aliphatic carbocycles. The molecule has 0 radical (unpaired) electrons. The van der Waals surface area contributed by atoms with Gasteiger partial charge in [-0.1, -0.05) is 20.8 Å². The van der Waals surface area contributed by atoms with Crippen molar-refractivity contribution in [3.05, 3.63) is 0 Å². The first kappa shape index (κ1) is 11.0. The Morgan fingerprint density at radius 2 is 2.15 bits per heavy atom.